The Hall–Kier alpha value is -1.26. The molecule has 5 heteroatoms. The van der Waals surface area contributed by atoms with Crippen molar-refractivity contribution in [2.45, 2.75) is 26.7 Å². The highest BCUT2D eigenvalue weighted by molar-refractivity contribution is 5.85. The molecule has 1 aromatic rings. The van der Waals surface area contributed by atoms with Crippen molar-refractivity contribution in [2.75, 3.05) is 20.2 Å². The Balaban J connectivity index is 0.00000361. The van der Waals surface area contributed by atoms with Gasteiger partial charge in [-0.3, -0.25) is 4.79 Å². The maximum Gasteiger partial charge on any atom is 0.225 e. The van der Waals surface area contributed by atoms with Crippen LogP contribution in [0.15, 0.2) is 24.3 Å². The average molecular weight is 301 g/mol. The fourth-order valence-corrected chi connectivity index (χ4v) is 1.95. The Labute approximate surface area is 127 Å². The molecule has 0 unspecified atom stereocenters. The van der Waals surface area contributed by atoms with Crippen LogP contribution in [-0.4, -0.2) is 26.1 Å². The largest absolute Gasteiger partial charge is 0.496 e. The summed E-state index contributed by atoms with van der Waals surface area (Å²) >= 11 is 0. The van der Waals surface area contributed by atoms with Crippen LogP contribution in [0.4, 0.5) is 0 Å². The molecule has 1 amide bonds. The van der Waals surface area contributed by atoms with Crippen LogP contribution >= 0.6 is 12.4 Å². The third kappa shape index (κ3) is 5.39. The number of nitrogens with one attached hydrogen (secondary N) is 1. The van der Waals surface area contributed by atoms with Crippen molar-refractivity contribution in [3.8, 4) is 5.75 Å². The molecule has 4 nitrogen and oxygen atoms in total. The zero-order valence-electron chi connectivity index (χ0n) is 12.4. The number of amides is 1. The monoisotopic (exact) mass is 300 g/mol. The average Bonchev–Trinajstić information content (AvgIpc) is 2.39. The molecule has 0 bridgehead atoms. The van der Waals surface area contributed by atoms with Gasteiger partial charge in [0, 0.05) is 12.0 Å². The van der Waals surface area contributed by atoms with Gasteiger partial charge in [-0.15, -0.1) is 12.4 Å². The van der Waals surface area contributed by atoms with Crippen molar-refractivity contribution < 1.29 is 9.53 Å². The van der Waals surface area contributed by atoms with Crippen LogP contribution in [0.5, 0.6) is 5.75 Å². The number of halogens is 1. The maximum atomic E-state index is 12.2. The standard InChI is InChI=1S/C15H24N2O2.ClH/c1-15(2,14(18)17-10-6-9-16)11-12-7-4-5-8-13(12)19-3;/h4-5,7-8H,6,9-11,16H2,1-3H3,(H,17,18);1H. The lowest BCUT2D eigenvalue weighted by molar-refractivity contribution is -0.129. The second-order valence-corrected chi connectivity index (χ2v) is 5.27. The molecule has 0 saturated heterocycles. The molecule has 0 spiro atoms. The van der Waals surface area contributed by atoms with Crippen molar-refractivity contribution in [3.05, 3.63) is 29.8 Å². The van der Waals surface area contributed by atoms with Crippen molar-refractivity contribution in [2.24, 2.45) is 11.1 Å². The number of nitrogens with two attached hydrogens (primary N) is 1. The van der Waals surface area contributed by atoms with Crippen molar-refractivity contribution in [1.29, 1.82) is 0 Å². The second-order valence-electron chi connectivity index (χ2n) is 5.27. The number of benzene rings is 1. The van der Waals surface area contributed by atoms with Gasteiger partial charge in [-0.05, 0) is 31.0 Å². The second kappa shape index (κ2) is 8.82. The van der Waals surface area contributed by atoms with Crippen LogP contribution in [-0.2, 0) is 11.2 Å². The van der Waals surface area contributed by atoms with Gasteiger partial charge in [0.2, 0.25) is 5.91 Å². The highest BCUT2D eigenvalue weighted by atomic mass is 35.5. The van der Waals surface area contributed by atoms with E-state index in [4.69, 9.17) is 10.5 Å². The van der Waals surface area contributed by atoms with E-state index in [1.807, 2.05) is 38.1 Å². The lowest BCUT2D eigenvalue weighted by atomic mass is 9.84. The third-order valence-corrected chi connectivity index (χ3v) is 3.11. The fourth-order valence-electron chi connectivity index (χ4n) is 1.95. The first-order valence-corrected chi connectivity index (χ1v) is 6.61. The quantitative estimate of drug-likeness (QED) is 0.758. The van der Waals surface area contributed by atoms with E-state index in [1.54, 1.807) is 7.11 Å². The Morgan fingerprint density at radius 1 is 1.35 bits per heavy atom. The van der Waals surface area contributed by atoms with E-state index in [1.165, 1.54) is 0 Å². The third-order valence-electron chi connectivity index (χ3n) is 3.11. The Morgan fingerprint density at radius 2 is 2.00 bits per heavy atom. The molecule has 0 heterocycles. The van der Waals surface area contributed by atoms with Gasteiger partial charge in [0.15, 0.2) is 0 Å². The predicted octanol–water partition coefficient (Wildman–Crippen LogP) is 2.15. The van der Waals surface area contributed by atoms with E-state index in [2.05, 4.69) is 5.32 Å². The van der Waals surface area contributed by atoms with Gasteiger partial charge in [0.1, 0.15) is 5.75 Å². The van der Waals surface area contributed by atoms with E-state index in [-0.39, 0.29) is 18.3 Å². The molecule has 3 N–H and O–H groups in total. The van der Waals surface area contributed by atoms with Gasteiger partial charge in [0.05, 0.1) is 7.11 Å². The van der Waals surface area contributed by atoms with Gasteiger partial charge in [-0.1, -0.05) is 32.0 Å². The number of carbonyl (C=O) groups excluding carboxylic acids is 1. The lowest BCUT2D eigenvalue weighted by Gasteiger charge is -2.24. The van der Waals surface area contributed by atoms with Gasteiger partial charge >= 0.3 is 0 Å². The highest BCUT2D eigenvalue weighted by Crippen LogP contribution is 2.27. The fraction of sp³-hybridized carbons (Fsp3) is 0.533. The Morgan fingerprint density at radius 3 is 2.60 bits per heavy atom. The number of ether oxygens (including phenoxy) is 1. The number of para-hydroxylation sites is 1. The first-order valence-electron chi connectivity index (χ1n) is 6.61. The van der Waals surface area contributed by atoms with Gasteiger partial charge in [0.25, 0.3) is 0 Å². The van der Waals surface area contributed by atoms with Gasteiger partial charge in [-0.25, -0.2) is 0 Å². The Bertz CT molecular complexity index is 422. The molecule has 1 rings (SSSR count). The molecular weight excluding hydrogens is 276 g/mol. The van der Waals surface area contributed by atoms with Crippen molar-refractivity contribution in [1.82, 2.24) is 5.32 Å². The summed E-state index contributed by atoms with van der Waals surface area (Å²) in [6.45, 7) is 5.10. The van der Waals surface area contributed by atoms with E-state index in [9.17, 15) is 4.79 Å². The maximum absolute atomic E-state index is 12.2. The normalized spacial score (nSPS) is 10.6. The topological polar surface area (TPSA) is 64.3 Å². The van der Waals surface area contributed by atoms with Crippen LogP contribution in [0, 0.1) is 5.41 Å². The number of methoxy groups -OCH3 is 1. The smallest absolute Gasteiger partial charge is 0.225 e. The van der Waals surface area contributed by atoms with Crippen molar-refractivity contribution in [3.63, 3.8) is 0 Å². The van der Waals surface area contributed by atoms with E-state index in [0.29, 0.717) is 19.5 Å². The molecular formula is C15H25ClN2O2. The number of carbonyl (C=O) groups is 1. The van der Waals surface area contributed by atoms with Crippen molar-refractivity contribution >= 4 is 18.3 Å². The van der Waals surface area contributed by atoms with Crippen LogP contribution in [0.25, 0.3) is 0 Å². The van der Waals surface area contributed by atoms with E-state index >= 15 is 0 Å². The molecule has 0 aromatic heterocycles. The zero-order chi connectivity index (χ0) is 14.3. The van der Waals surface area contributed by atoms with Gasteiger partial charge < -0.3 is 15.8 Å². The molecule has 1 aromatic carbocycles. The summed E-state index contributed by atoms with van der Waals surface area (Å²) in [5.41, 5.74) is 5.99. The zero-order valence-corrected chi connectivity index (χ0v) is 13.3. The molecule has 0 fully saturated rings. The van der Waals surface area contributed by atoms with Crippen LogP contribution in [0.1, 0.15) is 25.8 Å². The summed E-state index contributed by atoms with van der Waals surface area (Å²) in [5.74, 6) is 0.872. The molecule has 20 heavy (non-hydrogen) atoms. The lowest BCUT2D eigenvalue weighted by Crippen LogP contribution is -2.39. The summed E-state index contributed by atoms with van der Waals surface area (Å²) in [6.07, 6.45) is 1.45. The minimum absolute atomic E-state index is 0. The predicted molar refractivity (Wildman–Crippen MR) is 84.4 cm³/mol. The number of rotatable bonds is 7. The SMILES string of the molecule is COc1ccccc1CC(C)(C)C(=O)NCCCN.Cl. The number of hydrogen-bond donors (Lipinski definition) is 2. The summed E-state index contributed by atoms with van der Waals surface area (Å²) in [5, 5.41) is 2.92. The molecule has 0 aliphatic rings. The number of hydrogen-bond acceptors (Lipinski definition) is 3. The van der Waals surface area contributed by atoms with Gasteiger partial charge in [-0.2, -0.15) is 0 Å². The van der Waals surface area contributed by atoms with Crippen LogP contribution < -0.4 is 15.8 Å². The highest BCUT2D eigenvalue weighted by Gasteiger charge is 2.28. The summed E-state index contributed by atoms with van der Waals surface area (Å²) in [7, 11) is 1.65. The van der Waals surface area contributed by atoms with E-state index in [0.717, 1.165) is 17.7 Å². The molecule has 0 aliphatic carbocycles. The molecule has 0 atom stereocenters. The van der Waals surface area contributed by atoms with E-state index < -0.39 is 5.41 Å². The minimum atomic E-state index is -0.469. The molecule has 0 saturated carbocycles. The summed E-state index contributed by atoms with van der Waals surface area (Å²) < 4.78 is 5.32. The first-order chi connectivity index (χ1) is 9.01. The molecule has 114 valence electrons. The summed E-state index contributed by atoms with van der Waals surface area (Å²) in [6, 6.07) is 7.79. The summed E-state index contributed by atoms with van der Waals surface area (Å²) in [4.78, 5) is 12.2. The molecule has 0 aliphatic heterocycles. The Kier molecular flexibility index (Phi) is 8.26. The first kappa shape index (κ1) is 18.7. The minimum Gasteiger partial charge on any atom is -0.496 e. The van der Waals surface area contributed by atoms with Crippen LogP contribution in [0.3, 0.4) is 0 Å². The van der Waals surface area contributed by atoms with Crippen LogP contribution in [0.2, 0.25) is 0 Å². The molecule has 0 radical (unpaired) electrons.